The highest BCUT2D eigenvalue weighted by Crippen LogP contribution is 2.42. The molecule has 182 valence electrons. The Hall–Kier alpha value is -2.99. The molecule has 0 saturated carbocycles. The Morgan fingerprint density at radius 3 is 2.38 bits per heavy atom. The number of carbonyl (C=O) groups is 2. The Balaban J connectivity index is 2.46. The minimum atomic E-state index is -1.32. The van der Waals surface area contributed by atoms with E-state index in [2.05, 4.69) is 18.4 Å². The van der Waals surface area contributed by atoms with E-state index in [-0.39, 0.29) is 24.0 Å². The highest BCUT2D eigenvalue weighted by Gasteiger charge is 2.42. The summed E-state index contributed by atoms with van der Waals surface area (Å²) in [6, 6.07) is 10.4. The summed E-state index contributed by atoms with van der Waals surface area (Å²) in [5.74, 6) is -0.739. The average Bonchev–Trinajstić information content (AvgIpc) is 3.06. The number of hydrogen-bond donors (Lipinski definition) is 1. The zero-order valence-electron chi connectivity index (χ0n) is 20.6. The van der Waals surface area contributed by atoms with Gasteiger partial charge in [0.15, 0.2) is 0 Å². The number of nitrogens with zero attached hydrogens (tertiary/aromatic N) is 1. The van der Waals surface area contributed by atoms with Crippen LogP contribution in [0.15, 0.2) is 36.4 Å². The predicted molar refractivity (Wildman–Crippen MR) is 134 cm³/mol. The first-order chi connectivity index (χ1) is 16.1. The maximum atomic E-state index is 13.5. The number of hydrogen-bond acceptors (Lipinski definition) is 5. The smallest absolute Gasteiger partial charge is 0.340 e. The van der Waals surface area contributed by atoms with E-state index in [1.54, 1.807) is 32.9 Å². The molecular formula is C27H32ClNO5. The van der Waals surface area contributed by atoms with Crippen LogP contribution in [0.1, 0.15) is 61.8 Å². The van der Waals surface area contributed by atoms with E-state index in [9.17, 15) is 14.7 Å². The molecule has 7 heteroatoms. The lowest BCUT2D eigenvalue weighted by Gasteiger charge is -2.30. The molecule has 0 radical (unpaired) electrons. The van der Waals surface area contributed by atoms with Crippen LogP contribution >= 0.6 is 11.6 Å². The van der Waals surface area contributed by atoms with Gasteiger partial charge in [-0.3, -0.25) is 4.79 Å². The van der Waals surface area contributed by atoms with E-state index >= 15 is 0 Å². The Labute approximate surface area is 205 Å². The lowest BCUT2D eigenvalue weighted by Crippen LogP contribution is -2.36. The Kier molecular flexibility index (Phi) is 7.61. The second kappa shape index (κ2) is 10.1. The second-order valence-electron chi connectivity index (χ2n) is 8.90. The van der Waals surface area contributed by atoms with Gasteiger partial charge in [-0.25, -0.2) is 4.79 Å². The molecule has 3 rings (SSSR count). The van der Waals surface area contributed by atoms with Crippen LogP contribution in [0.2, 0.25) is 5.02 Å². The molecule has 1 aromatic heterocycles. The molecule has 0 bridgehead atoms. The van der Waals surface area contributed by atoms with Crippen LogP contribution in [0.25, 0.3) is 10.9 Å². The van der Waals surface area contributed by atoms with Crippen molar-refractivity contribution in [3.05, 3.63) is 63.8 Å². The van der Waals surface area contributed by atoms with Crippen LogP contribution in [0, 0.1) is 12.8 Å². The van der Waals surface area contributed by atoms with E-state index in [0.717, 1.165) is 11.2 Å². The van der Waals surface area contributed by atoms with Gasteiger partial charge >= 0.3 is 11.9 Å². The zero-order valence-corrected chi connectivity index (χ0v) is 21.3. The maximum Gasteiger partial charge on any atom is 0.340 e. The van der Waals surface area contributed by atoms with Crippen LogP contribution in [0.5, 0.6) is 5.75 Å². The average molecular weight is 486 g/mol. The monoisotopic (exact) mass is 485 g/mol. The number of esters is 2. The molecule has 1 unspecified atom stereocenters. The summed E-state index contributed by atoms with van der Waals surface area (Å²) >= 11 is 6.06. The van der Waals surface area contributed by atoms with Gasteiger partial charge < -0.3 is 19.1 Å². The molecule has 0 aliphatic rings. The first-order valence-electron chi connectivity index (χ1n) is 11.5. The zero-order chi connectivity index (χ0) is 25.2. The molecule has 3 aromatic rings. The Morgan fingerprint density at radius 1 is 1.12 bits per heavy atom. The number of phenols is 1. The number of carbonyl (C=O) groups excluding carboxylic acids is 2. The normalized spacial score (nSPS) is 13.2. The fourth-order valence-electron chi connectivity index (χ4n) is 4.48. The molecule has 6 nitrogen and oxygen atoms in total. The SMILES string of the molecule is CCOC(=O)c1c(C)n(CC(C)C)c2cccc(C(C)(C(=O)OCC)c3ccc(Cl)c(O)c3)c12. The van der Waals surface area contributed by atoms with Crippen LogP contribution < -0.4 is 0 Å². The van der Waals surface area contributed by atoms with Crippen molar-refractivity contribution in [2.75, 3.05) is 13.2 Å². The highest BCUT2D eigenvalue weighted by molar-refractivity contribution is 6.32. The second-order valence-corrected chi connectivity index (χ2v) is 9.30. The Bertz CT molecular complexity index is 1230. The maximum absolute atomic E-state index is 13.5. The third-order valence-electron chi connectivity index (χ3n) is 6.12. The summed E-state index contributed by atoms with van der Waals surface area (Å²) in [5, 5.41) is 11.2. The lowest BCUT2D eigenvalue weighted by molar-refractivity contribution is -0.147. The molecule has 0 fully saturated rings. The number of halogens is 1. The molecule has 0 aliphatic heterocycles. The fraction of sp³-hybridized carbons (Fsp3) is 0.407. The number of ether oxygens (including phenoxy) is 2. The fourth-order valence-corrected chi connectivity index (χ4v) is 4.59. The van der Waals surface area contributed by atoms with Crippen LogP contribution in [-0.2, 0) is 26.2 Å². The van der Waals surface area contributed by atoms with Gasteiger partial charge in [0.1, 0.15) is 11.2 Å². The molecule has 1 atom stereocenters. The summed E-state index contributed by atoms with van der Waals surface area (Å²) in [6.07, 6.45) is 0. The number of fused-ring (bicyclic) bond motifs is 1. The molecule has 0 amide bonds. The molecule has 0 saturated heterocycles. The van der Waals surface area contributed by atoms with E-state index in [0.29, 0.717) is 34.5 Å². The largest absolute Gasteiger partial charge is 0.506 e. The number of benzene rings is 2. The number of aromatic nitrogens is 1. The minimum absolute atomic E-state index is 0.138. The van der Waals surface area contributed by atoms with Gasteiger partial charge in [0.25, 0.3) is 0 Å². The van der Waals surface area contributed by atoms with E-state index in [1.165, 1.54) is 6.07 Å². The first kappa shape index (κ1) is 25.6. The summed E-state index contributed by atoms with van der Waals surface area (Å²) < 4.78 is 13.0. The molecule has 0 aliphatic carbocycles. The van der Waals surface area contributed by atoms with Gasteiger partial charge in [-0.1, -0.05) is 43.6 Å². The van der Waals surface area contributed by atoms with Crippen molar-refractivity contribution in [3.8, 4) is 5.75 Å². The summed E-state index contributed by atoms with van der Waals surface area (Å²) in [7, 11) is 0. The molecule has 1 heterocycles. The third kappa shape index (κ3) is 4.39. The van der Waals surface area contributed by atoms with E-state index in [4.69, 9.17) is 21.1 Å². The predicted octanol–water partition coefficient (Wildman–Crippen LogP) is 6.01. The summed E-state index contributed by atoms with van der Waals surface area (Å²) in [6.45, 7) is 12.5. The van der Waals surface area contributed by atoms with Gasteiger partial charge in [-0.15, -0.1) is 0 Å². The topological polar surface area (TPSA) is 77.8 Å². The van der Waals surface area contributed by atoms with Crippen LogP contribution in [0.3, 0.4) is 0 Å². The van der Waals surface area contributed by atoms with Crippen molar-refractivity contribution in [1.82, 2.24) is 4.57 Å². The van der Waals surface area contributed by atoms with Gasteiger partial charge in [-0.05, 0) is 62.9 Å². The number of phenolic OH excluding ortho intramolecular Hbond substituents is 1. The quantitative estimate of drug-likeness (QED) is 0.395. The third-order valence-corrected chi connectivity index (χ3v) is 6.44. The Morgan fingerprint density at radius 2 is 1.79 bits per heavy atom. The summed E-state index contributed by atoms with van der Waals surface area (Å²) in [4.78, 5) is 26.7. The van der Waals surface area contributed by atoms with Gasteiger partial charge in [0.05, 0.1) is 23.8 Å². The lowest BCUT2D eigenvalue weighted by atomic mass is 9.74. The highest BCUT2D eigenvalue weighted by atomic mass is 35.5. The van der Waals surface area contributed by atoms with Crippen molar-refractivity contribution in [2.45, 2.75) is 53.5 Å². The van der Waals surface area contributed by atoms with E-state index in [1.807, 2.05) is 25.1 Å². The molecule has 1 N–H and O–H groups in total. The standard InChI is InChI=1S/C27H32ClNO5/c1-7-33-25(31)23-17(5)29(15-16(3)4)21-11-9-10-19(24(21)23)27(6,26(32)34-8-2)18-12-13-20(28)22(30)14-18/h9-14,16,30H,7-8,15H2,1-6H3. The molecule has 34 heavy (non-hydrogen) atoms. The molecule has 2 aromatic carbocycles. The minimum Gasteiger partial charge on any atom is -0.506 e. The number of aromatic hydroxyl groups is 1. The van der Waals surface area contributed by atoms with Crippen molar-refractivity contribution in [3.63, 3.8) is 0 Å². The van der Waals surface area contributed by atoms with Gasteiger partial charge in [0, 0.05) is 23.1 Å². The van der Waals surface area contributed by atoms with Crippen LogP contribution in [-0.4, -0.2) is 34.8 Å². The van der Waals surface area contributed by atoms with Crippen molar-refractivity contribution in [2.24, 2.45) is 5.92 Å². The molecular weight excluding hydrogens is 454 g/mol. The summed E-state index contributed by atoms with van der Waals surface area (Å²) in [5.41, 5.74) is 1.82. The van der Waals surface area contributed by atoms with Crippen molar-refractivity contribution >= 4 is 34.4 Å². The van der Waals surface area contributed by atoms with Crippen molar-refractivity contribution in [1.29, 1.82) is 0 Å². The van der Waals surface area contributed by atoms with E-state index < -0.39 is 17.4 Å². The van der Waals surface area contributed by atoms with Crippen molar-refractivity contribution < 1.29 is 24.2 Å². The first-order valence-corrected chi connectivity index (χ1v) is 11.9. The van der Waals surface area contributed by atoms with Crippen LogP contribution in [0.4, 0.5) is 0 Å². The van der Waals surface area contributed by atoms with Gasteiger partial charge in [0.2, 0.25) is 0 Å². The number of rotatable bonds is 8. The molecule has 0 spiro atoms. The van der Waals surface area contributed by atoms with Gasteiger partial charge in [-0.2, -0.15) is 0 Å².